The molecule has 5 heteroatoms. The highest BCUT2D eigenvalue weighted by atomic mass is 19.1. The molecule has 4 nitrogen and oxygen atoms in total. The van der Waals surface area contributed by atoms with E-state index in [2.05, 4.69) is 11.4 Å². The molecule has 0 atom stereocenters. The Balaban J connectivity index is 1.94. The number of aromatic nitrogens is 1. The van der Waals surface area contributed by atoms with E-state index in [0.717, 1.165) is 0 Å². The number of halogens is 1. The Kier molecular flexibility index (Phi) is 2.16. The molecular formula is C16H12FN3O. The SMILES string of the molecule is Cn1c(C#N)ccc1-c1ccc2c(c1F)C1(CC1)C(=O)N2. The van der Waals surface area contributed by atoms with Gasteiger partial charge in [-0.2, -0.15) is 5.26 Å². The van der Waals surface area contributed by atoms with Crippen molar-refractivity contribution in [1.29, 1.82) is 5.26 Å². The summed E-state index contributed by atoms with van der Waals surface area (Å²) in [7, 11) is 1.73. The highest BCUT2D eigenvalue weighted by Crippen LogP contribution is 2.56. The van der Waals surface area contributed by atoms with Crippen molar-refractivity contribution >= 4 is 11.6 Å². The normalized spacial score (nSPS) is 17.5. The summed E-state index contributed by atoms with van der Waals surface area (Å²) < 4.78 is 16.6. The Morgan fingerprint density at radius 2 is 2.10 bits per heavy atom. The van der Waals surface area contributed by atoms with Gasteiger partial charge >= 0.3 is 0 Å². The van der Waals surface area contributed by atoms with Crippen LogP contribution in [0, 0.1) is 17.1 Å². The van der Waals surface area contributed by atoms with Gasteiger partial charge in [-0.15, -0.1) is 0 Å². The Morgan fingerprint density at radius 3 is 2.71 bits per heavy atom. The number of carbonyl (C=O) groups is 1. The van der Waals surface area contributed by atoms with E-state index in [1.807, 2.05) is 0 Å². The Bertz CT molecular complexity index is 840. The first-order valence-corrected chi connectivity index (χ1v) is 6.79. The molecule has 1 spiro atoms. The van der Waals surface area contributed by atoms with E-state index >= 15 is 0 Å². The zero-order valence-corrected chi connectivity index (χ0v) is 11.4. The third-order valence-electron chi connectivity index (χ3n) is 4.57. The van der Waals surface area contributed by atoms with Gasteiger partial charge in [-0.05, 0) is 37.1 Å². The number of nitrogens with zero attached hydrogens (tertiary/aromatic N) is 2. The Hall–Kier alpha value is -2.61. The third-order valence-corrected chi connectivity index (χ3v) is 4.57. The number of anilines is 1. The van der Waals surface area contributed by atoms with Crippen LogP contribution >= 0.6 is 0 Å². The van der Waals surface area contributed by atoms with E-state index in [4.69, 9.17) is 5.26 Å². The van der Waals surface area contributed by atoms with E-state index in [9.17, 15) is 9.18 Å². The highest BCUT2D eigenvalue weighted by molar-refractivity contribution is 6.08. The summed E-state index contributed by atoms with van der Waals surface area (Å²) in [6.07, 6.45) is 1.39. The van der Waals surface area contributed by atoms with Crippen LogP contribution in [0.3, 0.4) is 0 Å². The quantitative estimate of drug-likeness (QED) is 0.873. The maximum atomic E-state index is 15.0. The van der Waals surface area contributed by atoms with E-state index in [-0.39, 0.29) is 11.7 Å². The summed E-state index contributed by atoms with van der Waals surface area (Å²) in [6, 6.07) is 8.87. The first-order chi connectivity index (χ1) is 10.1. The number of fused-ring (bicyclic) bond motifs is 2. The molecule has 1 aliphatic heterocycles. The monoisotopic (exact) mass is 281 g/mol. The largest absolute Gasteiger partial charge is 0.335 e. The van der Waals surface area contributed by atoms with Crippen LogP contribution in [0.5, 0.6) is 0 Å². The number of nitrogens with one attached hydrogen (secondary N) is 1. The van der Waals surface area contributed by atoms with Gasteiger partial charge in [0.1, 0.15) is 17.6 Å². The molecule has 0 saturated heterocycles. The standard InChI is InChI=1S/C16H12FN3O/c1-20-9(8-18)2-5-12(20)10-3-4-11-13(14(10)17)16(6-7-16)15(21)19-11/h2-5H,6-7H2,1H3,(H,19,21). The molecule has 2 aliphatic rings. The van der Waals surface area contributed by atoms with Crippen LogP contribution in [0.25, 0.3) is 11.3 Å². The van der Waals surface area contributed by atoms with Crippen molar-refractivity contribution in [1.82, 2.24) is 4.57 Å². The molecule has 2 aromatic rings. The molecule has 0 radical (unpaired) electrons. The molecule has 0 unspecified atom stereocenters. The number of hydrogen-bond acceptors (Lipinski definition) is 2. The van der Waals surface area contributed by atoms with Gasteiger partial charge in [0.15, 0.2) is 0 Å². The number of amides is 1. The lowest BCUT2D eigenvalue weighted by atomic mass is 9.94. The van der Waals surface area contributed by atoms with Crippen molar-refractivity contribution < 1.29 is 9.18 Å². The summed E-state index contributed by atoms with van der Waals surface area (Å²) in [4.78, 5) is 12.0. The topological polar surface area (TPSA) is 57.8 Å². The molecule has 1 aromatic heterocycles. The molecule has 1 amide bonds. The minimum Gasteiger partial charge on any atom is -0.335 e. The van der Waals surface area contributed by atoms with Crippen LogP contribution in [-0.2, 0) is 17.3 Å². The molecule has 104 valence electrons. The summed E-state index contributed by atoms with van der Waals surface area (Å²) in [5, 5.41) is 11.8. The average molecular weight is 281 g/mol. The smallest absolute Gasteiger partial charge is 0.235 e. The number of nitriles is 1. The number of hydrogen-bond donors (Lipinski definition) is 1. The van der Waals surface area contributed by atoms with Gasteiger partial charge in [0.05, 0.1) is 11.1 Å². The first kappa shape index (κ1) is 12.2. The van der Waals surface area contributed by atoms with Gasteiger partial charge in [-0.3, -0.25) is 4.79 Å². The fraction of sp³-hybridized carbons (Fsp3) is 0.250. The van der Waals surface area contributed by atoms with Crippen molar-refractivity contribution in [3.8, 4) is 17.3 Å². The van der Waals surface area contributed by atoms with Gasteiger partial charge in [-0.25, -0.2) is 4.39 Å². The molecule has 1 N–H and O–H groups in total. The lowest BCUT2D eigenvalue weighted by molar-refractivity contribution is -0.117. The molecule has 4 rings (SSSR count). The molecule has 1 saturated carbocycles. The van der Waals surface area contributed by atoms with Gasteiger partial charge in [0.2, 0.25) is 5.91 Å². The summed E-state index contributed by atoms with van der Waals surface area (Å²) in [5.41, 5.74) is 1.96. The molecule has 21 heavy (non-hydrogen) atoms. The predicted molar refractivity (Wildman–Crippen MR) is 75.1 cm³/mol. The van der Waals surface area contributed by atoms with Crippen molar-refractivity contribution in [3.05, 3.63) is 41.3 Å². The summed E-state index contributed by atoms with van der Waals surface area (Å²) >= 11 is 0. The van der Waals surface area contributed by atoms with Crippen LogP contribution in [0.1, 0.15) is 24.1 Å². The van der Waals surface area contributed by atoms with E-state index in [1.54, 1.807) is 35.9 Å². The van der Waals surface area contributed by atoms with Gasteiger partial charge in [0, 0.05) is 23.9 Å². The minimum absolute atomic E-state index is 0.0989. The molecule has 1 aliphatic carbocycles. The fourth-order valence-electron chi connectivity index (χ4n) is 3.20. The lowest BCUT2D eigenvalue weighted by Gasteiger charge is -2.11. The second kappa shape index (κ2) is 3.73. The van der Waals surface area contributed by atoms with Crippen molar-refractivity contribution in [2.24, 2.45) is 7.05 Å². The van der Waals surface area contributed by atoms with Crippen LogP contribution < -0.4 is 5.32 Å². The zero-order chi connectivity index (χ0) is 14.8. The van der Waals surface area contributed by atoms with E-state index in [0.29, 0.717) is 41.0 Å². The molecule has 0 bridgehead atoms. The van der Waals surface area contributed by atoms with Crippen molar-refractivity contribution in [2.75, 3.05) is 5.32 Å². The molecule has 1 aromatic carbocycles. The van der Waals surface area contributed by atoms with Crippen LogP contribution in [0.15, 0.2) is 24.3 Å². The van der Waals surface area contributed by atoms with Crippen LogP contribution in [0.4, 0.5) is 10.1 Å². The number of carbonyl (C=O) groups excluding carboxylic acids is 1. The van der Waals surface area contributed by atoms with Crippen LogP contribution in [0.2, 0.25) is 0 Å². The molecule has 1 fully saturated rings. The second-order valence-corrected chi connectivity index (χ2v) is 5.66. The number of benzene rings is 1. The zero-order valence-electron chi connectivity index (χ0n) is 11.4. The summed E-state index contributed by atoms with van der Waals surface area (Å²) in [6.45, 7) is 0. The Morgan fingerprint density at radius 1 is 1.33 bits per heavy atom. The predicted octanol–water partition coefficient (Wildman–Crippen LogP) is 2.69. The summed E-state index contributed by atoms with van der Waals surface area (Å²) in [5.74, 6) is -0.452. The Labute approximate surface area is 120 Å². The third kappa shape index (κ3) is 1.39. The van der Waals surface area contributed by atoms with Gasteiger partial charge < -0.3 is 9.88 Å². The minimum atomic E-state index is -0.654. The van der Waals surface area contributed by atoms with Gasteiger partial charge in [-0.1, -0.05) is 0 Å². The first-order valence-electron chi connectivity index (χ1n) is 6.79. The lowest BCUT2D eigenvalue weighted by Crippen LogP contribution is -2.19. The van der Waals surface area contributed by atoms with E-state index < -0.39 is 5.41 Å². The average Bonchev–Trinajstić information content (AvgIpc) is 3.10. The van der Waals surface area contributed by atoms with Crippen LogP contribution in [-0.4, -0.2) is 10.5 Å². The second-order valence-electron chi connectivity index (χ2n) is 5.66. The molecular weight excluding hydrogens is 269 g/mol. The van der Waals surface area contributed by atoms with Crippen molar-refractivity contribution in [2.45, 2.75) is 18.3 Å². The molecule has 2 heterocycles. The van der Waals surface area contributed by atoms with E-state index in [1.165, 1.54) is 0 Å². The maximum absolute atomic E-state index is 15.0. The maximum Gasteiger partial charge on any atom is 0.235 e. The van der Waals surface area contributed by atoms with Crippen molar-refractivity contribution in [3.63, 3.8) is 0 Å². The highest BCUT2D eigenvalue weighted by Gasteiger charge is 2.58. The van der Waals surface area contributed by atoms with Gasteiger partial charge in [0.25, 0.3) is 0 Å². The number of rotatable bonds is 1. The fourth-order valence-corrected chi connectivity index (χ4v) is 3.20.